The Bertz CT molecular complexity index is 364. The lowest BCUT2D eigenvalue weighted by molar-refractivity contribution is -0.163. The lowest BCUT2D eigenvalue weighted by atomic mass is 9.95. The maximum atomic E-state index is 6.27. The molecule has 2 nitrogen and oxygen atoms in total. The summed E-state index contributed by atoms with van der Waals surface area (Å²) in [6.07, 6.45) is 4.33. The van der Waals surface area contributed by atoms with Crippen molar-refractivity contribution in [2.24, 2.45) is 5.92 Å². The molecule has 2 heterocycles. The summed E-state index contributed by atoms with van der Waals surface area (Å²) >= 11 is 0. The van der Waals surface area contributed by atoms with Crippen molar-refractivity contribution in [2.45, 2.75) is 38.5 Å². The van der Waals surface area contributed by atoms with Crippen LogP contribution in [0.4, 0.5) is 0 Å². The van der Waals surface area contributed by atoms with E-state index in [-0.39, 0.29) is 0 Å². The standard InChI is InChI=1S/C15H21NO/c1-12-7-9-16-10-8-14(17-15(16)11-12)13-5-3-2-4-6-13/h2-6,12,14-15H,7-11H2,1H3. The van der Waals surface area contributed by atoms with Gasteiger partial charge in [-0.3, -0.25) is 4.90 Å². The zero-order valence-corrected chi connectivity index (χ0v) is 10.5. The fraction of sp³-hybridized carbons (Fsp3) is 0.600. The third-order valence-corrected chi connectivity index (χ3v) is 4.09. The van der Waals surface area contributed by atoms with Gasteiger partial charge in [-0.15, -0.1) is 0 Å². The number of rotatable bonds is 1. The molecule has 0 radical (unpaired) electrons. The molecule has 1 aromatic carbocycles. The molecule has 92 valence electrons. The molecule has 2 aliphatic heterocycles. The van der Waals surface area contributed by atoms with Gasteiger partial charge < -0.3 is 4.74 Å². The van der Waals surface area contributed by atoms with Crippen molar-refractivity contribution in [3.63, 3.8) is 0 Å². The molecule has 3 rings (SSSR count). The third-order valence-electron chi connectivity index (χ3n) is 4.09. The highest BCUT2D eigenvalue weighted by molar-refractivity contribution is 5.18. The van der Waals surface area contributed by atoms with Gasteiger partial charge in [-0.05, 0) is 30.7 Å². The molecule has 2 aliphatic rings. The van der Waals surface area contributed by atoms with Crippen molar-refractivity contribution in [3.05, 3.63) is 35.9 Å². The van der Waals surface area contributed by atoms with Gasteiger partial charge in [0.15, 0.2) is 0 Å². The average Bonchev–Trinajstić information content (AvgIpc) is 2.39. The minimum atomic E-state index is 0.308. The van der Waals surface area contributed by atoms with Crippen LogP contribution in [0.5, 0.6) is 0 Å². The van der Waals surface area contributed by atoms with Gasteiger partial charge in [0.1, 0.15) is 6.23 Å². The van der Waals surface area contributed by atoms with E-state index in [1.807, 2.05) is 0 Å². The van der Waals surface area contributed by atoms with Crippen LogP contribution in [0.3, 0.4) is 0 Å². The molecular weight excluding hydrogens is 210 g/mol. The van der Waals surface area contributed by atoms with E-state index in [1.165, 1.54) is 31.5 Å². The molecular formula is C15H21NO. The van der Waals surface area contributed by atoms with Crippen molar-refractivity contribution in [1.29, 1.82) is 0 Å². The number of ether oxygens (including phenoxy) is 1. The zero-order valence-electron chi connectivity index (χ0n) is 10.5. The summed E-state index contributed by atoms with van der Waals surface area (Å²) < 4.78 is 6.27. The maximum absolute atomic E-state index is 6.27. The van der Waals surface area contributed by atoms with Crippen molar-refractivity contribution in [2.75, 3.05) is 13.1 Å². The zero-order chi connectivity index (χ0) is 11.7. The molecule has 0 aliphatic carbocycles. The molecule has 0 spiro atoms. The summed E-state index contributed by atoms with van der Waals surface area (Å²) in [5.74, 6) is 0.811. The van der Waals surface area contributed by atoms with E-state index in [9.17, 15) is 0 Å². The highest BCUT2D eigenvalue weighted by Crippen LogP contribution is 2.34. The number of benzene rings is 1. The summed E-state index contributed by atoms with van der Waals surface area (Å²) in [4.78, 5) is 2.51. The maximum Gasteiger partial charge on any atom is 0.111 e. The second-order valence-corrected chi connectivity index (χ2v) is 5.44. The molecule has 0 saturated carbocycles. The van der Waals surface area contributed by atoms with Crippen LogP contribution in [0.1, 0.15) is 37.9 Å². The molecule has 0 N–H and O–H groups in total. The van der Waals surface area contributed by atoms with Crippen molar-refractivity contribution >= 4 is 0 Å². The minimum absolute atomic E-state index is 0.308. The van der Waals surface area contributed by atoms with Gasteiger partial charge in [0.05, 0.1) is 6.10 Å². The first-order chi connectivity index (χ1) is 8.33. The Balaban J connectivity index is 1.70. The van der Waals surface area contributed by atoms with Crippen LogP contribution in [-0.4, -0.2) is 24.2 Å². The Hall–Kier alpha value is -0.860. The normalized spacial score (nSPS) is 34.3. The molecule has 1 aromatic rings. The number of hydrogen-bond donors (Lipinski definition) is 0. The van der Waals surface area contributed by atoms with E-state index in [1.54, 1.807) is 0 Å². The van der Waals surface area contributed by atoms with Crippen molar-refractivity contribution < 1.29 is 4.74 Å². The van der Waals surface area contributed by atoms with Crippen molar-refractivity contribution in [1.82, 2.24) is 4.90 Å². The summed E-state index contributed by atoms with van der Waals surface area (Å²) in [5, 5.41) is 0. The largest absolute Gasteiger partial charge is 0.355 e. The smallest absolute Gasteiger partial charge is 0.111 e. The summed E-state index contributed by atoms with van der Waals surface area (Å²) in [5.41, 5.74) is 1.34. The lowest BCUT2D eigenvalue weighted by Gasteiger charge is -2.44. The molecule has 2 heteroatoms. The van der Waals surface area contributed by atoms with Gasteiger partial charge in [0.25, 0.3) is 0 Å². The molecule has 17 heavy (non-hydrogen) atoms. The first kappa shape index (κ1) is 11.2. The topological polar surface area (TPSA) is 12.5 Å². The lowest BCUT2D eigenvalue weighted by Crippen LogP contribution is -2.48. The Labute approximate surface area is 104 Å². The van der Waals surface area contributed by atoms with Gasteiger partial charge >= 0.3 is 0 Å². The molecule has 0 amide bonds. The van der Waals surface area contributed by atoms with Gasteiger partial charge in [-0.25, -0.2) is 0 Å². The van der Waals surface area contributed by atoms with Crippen LogP contribution in [0.25, 0.3) is 0 Å². The van der Waals surface area contributed by atoms with Crippen LogP contribution in [0.15, 0.2) is 30.3 Å². The van der Waals surface area contributed by atoms with E-state index in [4.69, 9.17) is 4.74 Å². The van der Waals surface area contributed by atoms with E-state index in [0.717, 1.165) is 12.3 Å². The van der Waals surface area contributed by atoms with Crippen LogP contribution in [-0.2, 0) is 4.74 Å². The van der Waals surface area contributed by atoms with Crippen molar-refractivity contribution in [3.8, 4) is 0 Å². The molecule has 0 aromatic heterocycles. The van der Waals surface area contributed by atoms with Crippen LogP contribution in [0, 0.1) is 5.92 Å². The second-order valence-electron chi connectivity index (χ2n) is 5.44. The molecule has 3 atom stereocenters. The van der Waals surface area contributed by atoms with Crippen LogP contribution >= 0.6 is 0 Å². The van der Waals surface area contributed by atoms with Crippen LogP contribution < -0.4 is 0 Å². The fourth-order valence-electron chi connectivity index (χ4n) is 2.99. The third kappa shape index (κ3) is 2.38. The minimum Gasteiger partial charge on any atom is -0.355 e. The SMILES string of the molecule is CC1CCN2CCC(c3ccccc3)OC2C1. The Morgan fingerprint density at radius 2 is 1.88 bits per heavy atom. The summed E-state index contributed by atoms with van der Waals surface area (Å²) in [7, 11) is 0. The number of fused-ring (bicyclic) bond motifs is 1. The van der Waals surface area contributed by atoms with E-state index in [0.29, 0.717) is 12.3 Å². The number of hydrogen-bond acceptors (Lipinski definition) is 2. The van der Waals surface area contributed by atoms with Crippen LogP contribution in [0.2, 0.25) is 0 Å². The van der Waals surface area contributed by atoms with E-state index < -0.39 is 0 Å². The Kier molecular flexibility index (Phi) is 3.17. The summed E-state index contributed by atoms with van der Waals surface area (Å²) in [6.45, 7) is 4.75. The molecule has 3 unspecified atom stereocenters. The number of nitrogens with zero attached hydrogens (tertiary/aromatic N) is 1. The Morgan fingerprint density at radius 1 is 1.12 bits per heavy atom. The monoisotopic (exact) mass is 231 g/mol. The van der Waals surface area contributed by atoms with Gasteiger partial charge in [-0.2, -0.15) is 0 Å². The second kappa shape index (κ2) is 4.79. The van der Waals surface area contributed by atoms with Gasteiger partial charge in [-0.1, -0.05) is 37.3 Å². The van der Waals surface area contributed by atoms with E-state index in [2.05, 4.69) is 42.2 Å². The highest BCUT2D eigenvalue weighted by atomic mass is 16.5. The predicted octanol–water partition coefficient (Wildman–Crippen LogP) is 3.21. The molecule has 2 saturated heterocycles. The van der Waals surface area contributed by atoms with Gasteiger partial charge in [0.2, 0.25) is 0 Å². The highest BCUT2D eigenvalue weighted by Gasteiger charge is 2.33. The molecule has 0 bridgehead atoms. The average molecular weight is 231 g/mol. The molecule has 2 fully saturated rings. The Morgan fingerprint density at radius 3 is 2.71 bits per heavy atom. The van der Waals surface area contributed by atoms with E-state index >= 15 is 0 Å². The summed E-state index contributed by atoms with van der Waals surface area (Å²) in [6, 6.07) is 10.7. The quantitative estimate of drug-likeness (QED) is 0.736. The predicted molar refractivity (Wildman–Crippen MR) is 68.6 cm³/mol. The van der Waals surface area contributed by atoms with Gasteiger partial charge in [0, 0.05) is 13.1 Å². The first-order valence-electron chi connectivity index (χ1n) is 6.77. The number of piperidine rings is 1. The first-order valence-corrected chi connectivity index (χ1v) is 6.77. The fourth-order valence-corrected chi connectivity index (χ4v) is 2.99.